The third-order valence-corrected chi connectivity index (χ3v) is 10.0. The average Bonchev–Trinajstić information content (AvgIpc) is 3.08. The fourth-order valence-electron chi connectivity index (χ4n) is 7.03. The Morgan fingerprint density at radius 1 is 0.404 bits per heavy atom. The molecule has 266 valence electrons. The molecule has 0 saturated heterocycles. The summed E-state index contributed by atoms with van der Waals surface area (Å²) in [6.45, 7) is 24.0. The monoisotopic (exact) mass is 687 g/mol. The largest absolute Gasteiger partial charge is 0.507 e. The van der Waals surface area contributed by atoms with Gasteiger partial charge in [0.2, 0.25) is 0 Å². The maximum atomic E-state index is 12.2. The van der Waals surface area contributed by atoms with Crippen LogP contribution in [0.25, 0.3) is 55.9 Å². The molecule has 0 aliphatic heterocycles. The molecule has 0 radical (unpaired) electrons. The second-order valence-corrected chi connectivity index (χ2v) is 17.5. The van der Waals surface area contributed by atoms with Gasteiger partial charge in [-0.25, -0.2) is 4.98 Å². The topological polar surface area (TPSA) is 53.4 Å². The van der Waals surface area contributed by atoms with Crippen LogP contribution in [0.4, 0.5) is 0 Å². The zero-order valence-electron chi connectivity index (χ0n) is 32.7. The summed E-state index contributed by atoms with van der Waals surface area (Å²) >= 11 is 0. The summed E-state index contributed by atoms with van der Waals surface area (Å²) in [5.41, 5.74) is 14.0. The summed E-state index contributed by atoms with van der Waals surface area (Å²) in [6, 6.07) is 37.5. The number of aromatic nitrogens is 1. The molecular weight excluding hydrogens is 635 g/mol. The van der Waals surface area contributed by atoms with Crippen molar-refractivity contribution in [3.63, 3.8) is 0 Å². The first-order chi connectivity index (χ1) is 24.3. The van der Waals surface area contributed by atoms with Crippen molar-refractivity contribution in [1.82, 2.24) is 4.98 Å². The number of nitrogens with zero attached hydrogens (tertiary/aromatic N) is 1. The predicted octanol–water partition coefficient (Wildman–Crippen LogP) is 13.3. The van der Waals surface area contributed by atoms with Gasteiger partial charge in [-0.05, 0) is 99.4 Å². The molecule has 0 amide bonds. The van der Waals surface area contributed by atoms with Crippen LogP contribution in [-0.2, 0) is 16.2 Å². The molecule has 0 bridgehead atoms. The third-order valence-electron chi connectivity index (χ3n) is 10.0. The second-order valence-electron chi connectivity index (χ2n) is 17.5. The zero-order chi connectivity index (χ0) is 37.7. The molecule has 3 heteroatoms. The summed E-state index contributed by atoms with van der Waals surface area (Å²) in [4.78, 5) is 5.26. The Bertz CT molecular complexity index is 2260. The van der Waals surface area contributed by atoms with Gasteiger partial charge < -0.3 is 10.2 Å². The van der Waals surface area contributed by atoms with E-state index in [0.717, 1.165) is 72.6 Å². The molecule has 2 N–H and O–H groups in total. The van der Waals surface area contributed by atoms with E-state index in [1.54, 1.807) is 0 Å². The number of hydrogen-bond acceptors (Lipinski definition) is 3. The minimum absolute atomic E-state index is 0.0485. The SMILES string of the molecule is Cc1cc(-c2cc(C(C)(C)C)cc(C(C)(C)C)c2)c(O)c(-c2ccccc2-c2cccc(-c3ccccc3-c3cc(C)cc(C(C)(C)C)c3O)n2)c1. The Kier molecular flexibility index (Phi) is 9.47. The molecule has 1 heterocycles. The van der Waals surface area contributed by atoms with E-state index in [9.17, 15) is 10.2 Å². The van der Waals surface area contributed by atoms with Gasteiger partial charge in [0.25, 0.3) is 0 Å². The summed E-state index contributed by atoms with van der Waals surface area (Å²) < 4.78 is 0. The van der Waals surface area contributed by atoms with Gasteiger partial charge in [0.1, 0.15) is 11.5 Å². The van der Waals surface area contributed by atoms with Crippen LogP contribution in [-0.4, -0.2) is 15.2 Å². The fourth-order valence-corrected chi connectivity index (χ4v) is 7.03. The number of phenolic OH excluding ortho intramolecular Hbond substituents is 2. The standard InChI is InChI=1S/C49H53NO2/c1-30-23-39(32-27-33(47(3,4)5)29-34(28-32)48(6,7)8)45(51)40(24-30)35-17-12-14-19-37(35)43-21-16-22-44(50-43)38-20-15-13-18-36(38)41-25-31(2)26-42(46(41)52)49(9,10)11/h12-29,51-52H,1-11H3. The molecule has 0 fully saturated rings. The van der Waals surface area contributed by atoms with Gasteiger partial charge in [0.15, 0.2) is 0 Å². The lowest BCUT2D eigenvalue weighted by molar-refractivity contribution is 0.448. The zero-order valence-corrected chi connectivity index (χ0v) is 32.7. The molecule has 0 spiro atoms. The Labute approximate surface area is 311 Å². The smallest absolute Gasteiger partial charge is 0.131 e. The van der Waals surface area contributed by atoms with Crippen LogP contribution in [0.1, 0.15) is 90.1 Å². The Balaban J connectivity index is 1.50. The van der Waals surface area contributed by atoms with E-state index in [-0.39, 0.29) is 22.0 Å². The molecule has 5 aromatic carbocycles. The molecule has 0 unspecified atom stereocenters. The fraction of sp³-hybridized carbons (Fsp3) is 0.286. The van der Waals surface area contributed by atoms with E-state index in [2.05, 4.69) is 143 Å². The normalized spacial score (nSPS) is 12.3. The highest BCUT2D eigenvalue weighted by Gasteiger charge is 2.25. The van der Waals surface area contributed by atoms with Gasteiger partial charge >= 0.3 is 0 Å². The molecule has 52 heavy (non-hydrogen) atoms. The molecule has 6 aromatic rings. The van der Waals surface area contributed by atoms with Gasteiger partial charge in [0.05, 0.1) is 11.4 Å². The van der Waals surface area contributed by atoms with Crippen LogP contribution in [0, 0.1) is 13.8 Å². The van der Waals surface area contributed by atoms with Gasteiger partial charge in [-0.2, -0.15) is 0 Å². The Morgan fingerprint density at radius 2 is 0.827 bits per heavy atom. The van der Waals surface area contributed by atoms with Crippen LogP contribution in [0.15, 0.2) is 109 Å². The van der Waals surface area contributed by atoms with Crippen LogP contribution < -0.4 is 0 Å². The minimum Gasteiger partial charge on any atom is -0.507 e. The second kappa shape index (κ2) is 13.4. The van der Waals surface area contributed by atoms with E-state index < -0.39 is 0 Å². The summed E-state index contributed by atoms with van der Waals surface area (Å²) in [7, 11) is 0. The number of rotatable bonds is 5. The van der Waals surface area contributed by atoms with Crippen molar-refractivity contribution in [2.24, 2.45) is 0 Å². The first-order valence-corrected chi connectivity index (χ1v) is 18.3. The molecule has 6 rings (SSSR count). The van der Waals surface area contributed by atoms with Gasteiger partial charge in [0, 0.05) is 33.4 Å². The van der Waals surface area contributed by atoms with Crippen molar-refractivity contribution >= 4 is 0 Å². The summed E-state index contributed by atoms with van der Waals surface area (Å²) in [5, 5.41) is 23.7. The lowest BCUT2D eigenvalue weighted by atomic mass is 9.78. The van der Waals surface area contributed by atoms with E-state index >= 15 is 0 Å². The number of pyridine rings is 1. The van der Waals surface area contributed by atoms with Crippen molar-refractivity contribution < 1.29 is 10.2 Å². The average molecular weight is 688 g/mol. The number of benzene rings is 5. The first-order valence-electron chi connectivity index (χ1n) is 18.3. The van der Waals surface area contributed by atoms with Crippen molar-refractivity contribution in [2.45, 2.75) is 92.4 Å². The Morgan fingerprint density at radius 3 is 1.29 bits per heavy atom. The molecule has 0 saturated carbocycles. The van der Waals surface area contributed by atoms with Crippen LogP contribution in [0.2, 0.25) is 0 Å². The third kappa shape index (κ3) is 7.28. The van der Waals surface area contributed by atoms with Gasteiger partial charge in [-0.3, -0.25) is 0 Å². The van der Waals surface area contributed by atoms with Crippen molar-refractivity contribution in [3.8, 4) is 67.4 Å². The molecule has 3 nitrogen and oxygen atoms in total. The predicted molar refractivity (Wildman–Crippen MR) is 220 cm³/mol. The van der Waals surface area contributed by atoms with Crippen LogP contribution in [0.3, 0.4) is 0 Å². The molecule has 0 atom stereocenters. The van der Waals surface area contributed by atoms with E-state index in [4.69, 9.17) is 4.98 Å². The number of hydrogen-bond donors (Lipinski definition) is 2. The van der Waals surface area contributed by atoms with Crippen molar-refractivity contribution in [1.29, 1.82) is 0 Å². The lowest BCUT2D eigenvalue weighted by Gasteiger charge is -2.26. The maximum absolute atomic E-state index is 12.2. The van der Waals surface area contributed by atoms with Crippen LogP contribution in [0.5, 0.6) is 11.5 Å². The minimum atomic E-state index is -0.215. The number of aromatic hydroxyl groups is 2. The van der Waals surface area contributed by atoms with Crippen molar-refractivity contribution in [2.75, 3.05) is 0 Å². The van der Waals surface area contributed by atoms with E-state index in [1.165, 1.54) is 11.1 Å². The quantitative estimate of drug-likeness (QED) is 0.190. The Hall–Kier alpha value is -5.15. The molecule has 0 aliphatic carbocycles. The van der Waals surface area contributed by atoms with E-state index in [0.29, 0.717) is 5.75 Å². The van der Waals surface area contributed by atoms with Crippen LogP contribution >= 0.6 is 0 Å². The van der Waals surface area contributed by atoms with E-state index in [1.807, 2.05) is 42.5 Å². The molecule has 0 aliphatic rings. The maximum Gasteiger partial charge on any atom is 0.131 e. The summed E-state index contributed by atoms with van der Waals surface area (Å²) in [5.74, 6) is 0.565. The highest BCUT2D eigenvalue weighted by Crippen LogP contribution is 2.46. The highest BCUT2D eigenvalue weighted by atomic mass is 16.3. The first kappa shape index (κ1) is 36.6. The number of aryl methyl sites for hydroxylation is 2. The van der Waals surface area contributed by atoms with Gasteiger partial charge in [-0.15, -0.1) is 0 Å². The van der Waals surface area contributed by atoms with Crippen molar-refractivity contribution in [3.05, 3.63) is 137 Å². The lowest BCUT2D eigenvalue weighted by Crippen LogP contribution is -2.16. The molecular formula is C49H53NO2. The molecule has 1 aromatic heterocycles. The summed E-state index contributed by atoms with van der Waals surface area (Å²) in [6.07, 6.45) is 0. The number of phenols is 2. The highest BCUT2D eigenvalue weighted by molar-refractivity contribution is 5.91. The van der Waals surface area contributed by atoms with Gasteiger partial charge in [-0.1, -0.05) is 141 Å².